The van der Waals surface area contributed by atoms with E-state index in [1.54, 1.807) is 0 Å². The Kier molecular flexibility index (Phi) is 2.40. The maximum Gasteiger partial charge on any atom is 0.0157 e. The number of nitrogens with two attached hydrogens (primary N) is 1. The van der Waals surface area contributed by atoms with Crippen molar-refractivity contribution in [2.45, 2.75) is 63.3 Å². The van der Waals surface area contributed by atoms with Gasteiger partial charge in [0, 0.05) is 5.54 Å². The molecule has 1 nitrogen and oxygen atoms in total. The average Bonchev–Trinajstić information content (AvgIpc) is 2.04. The first-order chi connectivity index (χ1) is 5.79. The molecule has 0 atom stereocenters. The summed E-state index contributed by atoms with van der Waals surface area (Å²) >= 11 is 0. The van der Waals surface area contributed by atoms with Crippen LogP contribution in [-0.4, -0.2) is 5.54 Å². The SMILES string of the molecule is NC1(CC2CCCCC2)CCC1. The molecule has 0 amide bonds. The lowest BCUT2D eigenvalue weighted by Crippen LogP contribution is -2.48. The van der Waals surface area contributed by atoms with E-state index in [4.69, 9.17) is 5.73 Å². The van der Waals surface area contributed by atoms with Crippen LogP contribution in [0.4, 0.5) is 0 Å². The van der Waals surface area contributed by atoms with Crippen molar-refractivity contribution < 1.29 is 0 Å². The van der Waals surface area contributed by atoms with Crippen LogP contribution in [0.5, 0.6) is 0 Å². The largest absolute Gasteiger partial charge is 0.325 e. The van der Waals surface area contributed by atoms with E-state index in [1.165, 1.54) is 57.8 Å². The van der Waals surface area contributed by atoms with Gasteiger partial charge in [0.05, 0.1) is 0 Å². The molecule has 2 rings (SSSR count). The van der Waals surface area contributed by atoms with Gasteiger partial charge >= 0.3 is 0 Å². The molecule has 2 aliphatic carbocycles. The highest BCUT2D eigenvalue weighted by Gasteiger charge is 2.34. The summed E-state index contributed by atoms with van der Waals surface area (Å²) < 4.78 is 0. The van der Waals surface area contributed by atoms with Crippen LogP contribution in [-0.2, 0) is 0 Å². The van der Waals surface area contributed by atoms with Crippen molar-refractivity contribution in [3.05, 3.63) is 0 Å². The molecular formula is C11H21N. The second kappa shape index (κ2) is 3.37. The fourth-order valence-corrected chi connectivity index (χ4v) is 2.80. The van der Waals surface area contributed by atoms with E-state index in [9.17, 15) is 0 Å². The first kappa shape index (κ1) is 8.55. The van der Waals surface area contributed by atoms with Crippen LogP contribution in [0.25, 0.3) is 0 Å². The summed E-state index contributed by atoms with van der Waals surface area (Å²) in [6.45, 7) is 0. The average molecular weight is 167 g/mol. The summed E-state index contributed by atoms with van der Waals surface area (Å²) in [4.78, 5) is 0. The van der Waals surface area contributed by atoms with Gasteiger partial charge in [0.15, 0.2) is 0 Å². The van der Waals surface area contributed by atoms with Gasteiger partial charge < -0.3 is 5.73 Å². The lowest BCUT2D eigenvalue weighted by molar-refractivity contribution is 0.173. The normalized spacial score (nSPS) is 29.8. The zero-order valence-electron chi connectivity index (χ0n) is 8.02. The van der Waals surface area contributed by atoms with E-state index >= 15 is 0 Å². The summed E-state index contributed by atoms with van der Waals surface area (Å²) in [7, 11) is 0. The van der Waals surface area contributed by atoms with Crippen molar-refractivity contribution in [2.75, 3.05) is 0 Å². The molecule has 0 radical (unpaired) electrons. The number of hydrogen-bond acceptors (Lipinski definition) is 1. The first-order valence-corrected chi connectivity index (χ1v) is 5.57. The second-order valence-electron chi connectivity index (χ2n) is 4.92. The minimum absolute atomic E-state index is 0.280. The van der Waals surface area contributed by atoms with Gasteiger partial charge in [0.2, 0.25) is 0 Å². The Bertz CT molecular complexity index is 143. The van der Waals surface area contributed by atoms with Crippen molar-refractivity contribution in [2.24, 2.45) is 11.7 Å². The number of rotatable bonds is 2. The third kappa shape index (κ3) is 1.82. The van der Waals surface area contributed by atoms with Crippen molar-refractivity contribution in [3.63, 3.8) is 0 Å². The van der Waals surface area contributed by atoms with Crippen molar-refractivity contribution in [1.29, 1.82) is 0 Å². The third-order valence-electron chi connectivity index (χ3n) is 3.77. The van der Waals surface area contributed by atoms with Crippen LogP contribution in [0, 0.1) is 5.92 Å². The predicted octanol–water partition coefficient (Wildman–Crippen LogP) is 2.84. The molecule has 2 aliphatic rings. The van der Waals surface area contributed by atoms with Gasteiger partial charge in [-0.05, 0) is 31.6 Å². The molecule has 12 heavy (non-hydrogen) atoms. The Balaban J connectivity index is 1.77. The highest BCUT2D eigenvalue weighted by molar-refractivity contribution is 4.94. The summed E-state index contributed by atoms with van der Waals surface area (Å²) in [5.41, 5.74) is 6.51. The third-order valence-corrected chi connectivity index (χ3v) is 3.77. The molecule has 0 spiro atoms. The summed E-state index contributed by atoms with van der Waals surface area (Å²) in [5.74, 6) is 0.976. The molecule has 0 bridgehead atoms. The van der Waals surface area contributed by atoms with Crippen molar-refractivity contribution >= 4 is 0 Å². The monoisotopic (exact) mass is 167 g/mol. The van der Waals surface area contributed by atoms with Gasteiger partial charge in [0.1, 0.15) is 0 Å². The van der Waals surface area contributed by atoms with Crippen LogP contribution in [0.1, 0.15) is 57.8 Å². The molecule has 0 aromatic rings. The Hall–Kier alpha value is -0.0400. The summed E-state index contributed by atoms with van der Waals surface area (Å²) in [6.07, 6.45) is 12.6. The van der Waals surface area contributed by atoms with Crippen LogP contribution < -0.4 is 5.73 Å². The van der Waals surface area contributed by atoms with E-state index in [-0.39, 0.29) is 5.54 Å². The summed E-state index contributed by atoms with van der Waals surface area (Å²) in [6, 6.07) is 0. The molecule has 0 heterocycles. The molecule has 2 fully saturated rings. The molecule has 0 unspecified atom stereocenters. The maximum absolute atomic E-state index is 6.23. The second-order valence-corrected chi connectivity index (χ2v) is 4.92. The quantitative estimate of drug-likeness (QED) is 0.672. The Labute approximate surface area is 75.7 Å². The topological polar surface area (TPSA) is 26.0 Å². The van der Waals surface area contributed by atoms with Gasteiger partial charge in [-0.1, -0.05) is 32.1 Å². The molecular weight excluding hydrogens is 146 g/mol. The highest BCUT2D eigenvalue weighted by atomic mass is 14.8. The predicted molar refractivity (Wildman–Crippen MR) is 52.0 cm³/mol. The highest BCUT2D eigenvalue weighted by Crippen LogP contribution is 2.38. The molecule has 2 saturated carbocycles. The molecule has 0 aliphatic heterocycles. The van der Waals surface area contributed by atoms with Gasteiger partial charge in [0.25, 0.3) is 0 Å². The van der Waals surface area contributed by atoms with Crippen molar-refractivity contribution in [3.8, 4) is 0 Å². The van der Waals surface area contributed by atoms with E-state index in [2.05, 4.69) is 0 Å². The molecule has 2 N–H and O–H groups in total. The van der Waals surface area contributed by atoms with Crippen LogP contribution in [0.15, 0.2) is 0 Å². The zero-order chi connectivity index (χ0) is 8.44. The Morgan fingerprint density at radius 1 is 1.00 bits per heavy atom. The van der Waals surface area contributed by atoms with E-state index < -0.39 is 0 Å². The fourth-order valence-electron chi connectivity index (χ4n) is 2.80. The van der Waals surface area contributed by atoms with Crippen LogP contribution >= 0.6 is 0 Å². The minimum Gasteiger partial charge on any atom is -0.325 e. The van der Waals surface area contributed by atoms with Gasteiger partial charge in [-0.25, -0.2) is 0 Å². The number of hydrogen-bond donors (Lipinski definition) is 1. The molecule has 1 heteroatoms. The molecule has 70 valence electrons. The Morgan fingerprint density at radius 2 is 1.67 bits per heavy atom. The van der Waals surface area contributed by atoms with Crippen molar-refractivity contribution in [1.82, 2.24) is 0 Å². The molecule has 0 aromatic heterocycles. The molecule has 0 aromatic carbocycles. The lowest BCUT2D eigenvalue weighted by atomic mass is 9.69. The maximum atomic E-state index is 6.23. The van der Waals surface area contributed by atoms with Crippen LogP contribution in [0.2, 0.25) is 0 Å². The van der Waals surface area contributed by atoms with Crippen LogP contribution in [0.3, 0.4) is 0 Å². The van der Waals surface area contributed by atoms with E-state index in [0.29, 0.717) is 0 Å². The van der Waals surface area contributed by atoms with Gasteiger partial charge in [-0.15, -0.1) is 0 Å². The lowest BCUT2D eigenvalue weighted by Gasteiger charge is -2.41. The smallest absolute Gasteiger partial charge is 0.0157 e. The standard InChI is InChI=1S/C11H21N/c12-11(7-4-8-11)9-10-5-2-1-3-6-10/h10H,1-9,12H2. The van der Waals surface area contributed by atoms with E-state index in [0.717, 1.165) is 5.92 Å². The molecule has 0 saturated heterocycles. The van der Waals surface area contributed by atoms with E-state index in [1.807, 2.05) is 0 Å². The Morgan fingerprint density at radius 3 is 2.17 bits per heavy atom. The van der Waals surface area contributed by atoms with Gasteiger partial charge in [-0.3, -0.25) is 0 Å². The minimum atomic E-state index is 0.280. The fraction of sp³-hybridized carbons (Fsp3) is 1.00. The first-order valence-electron chi connectivity index (χ1n) is 5.57. The van der Waals surface area contributed by atoms with Gasteiger partial charge in [-0.2, -0.15) is 0 Å². The summed E-state index contributed by atoms with van der Waals surface area (Å²) in [5, 5.41) is 0. The zero-order valence-corrected chi connectivity index (χ0v) is 8.02.